The van der Waals surface area contributed by atoms with E-state index < -0.39 is 5.41 Å². The number of hydrogen-bond donors (Lipinski definition) is 0. The van der Waals surface area contributed by atoms with Crippen molar-refractivity contribution < 1.29 is 31.2 Å². The molecule has 1 saturated heterocycles. The van der Waals surface area contributed by atoms with Crippen LogP contribution in [0.4, 0.5) is 0 Å². The third-order valence-electron chi connectivity index (χ3n) is 6.33. The van der Waals surface area contributed by atoms with Gasteiger partial charge < -0.3 is 21.9 Å². The third-order valence-corrected chi connectivity index (χ3v) is 6.33. The van der Waals surface area contributed by atoms with Crippen molar-refractivity contribution in [3.05, 3.63) is 59.7 Å². The summed E-state index contributed by atoms with van der Waals surface area (Å²) in [5.74, 6) is 1.24. The molecular formula is C22H26ClNO3. The number of nitrogens with zero attached hydrogens (tertiary/aromatic N) is 1. The van der Waals surface area contributed by atoms with Gasteiger partial charge in [-0.05, 0) is 26.0 Å². The van der Waals surface area contributed by atoms with Gasteiger partial charge in [0.25, 0.3) is 0 Å². The van der Waals surface area contributed by atoms with Gasteiger partial charge in [-0.25, -0.2) is 0 Å². The Morgan fingerprint density at radius 2 is 1.70 bits per heavy atom. The Labute approximate surface area is 167 Å². The number of carbonyl (C=O) groups is 1. The summed E-state index contributed by atoms with van der Waals surface area (Å²) in [5.41, 5.74) is 0.856. The normalized spacial score (nSPS) is 24.8. The lowest BCUT2D eigenvalue weighted by Crippen LogP contribution is -3.00. The first kappa shape index (κ1) is 19.7. The second-order valence-corrected chi connectivity index (χ2v) is 7.97. The van der Waals surface area contributed by atoms with Gasteiger partial charge in [-0.15, -0.1) is 0 Å². The molecule has 27 heavy (non-hydrogen) atoms. The van der Waals surface area contributed by atoms with Crippen LogP contribution in [0.25, 0.3) is 0 Å². The van der Waals surface area contributed by atoms with Crippen molar-refractivity contribution in [1.29, 1.82) is 0 Å². The molecule has 4 rings (SSSR count). The number of hydrogen-bond acceptors (Lipinski definition) is 3. The lowest BCUT2D eigenvalue weighted by Gasteiger charge is -2.37. The largest absolute Gasteiger partial charge is 1.00 e. The van der Waals surface area contributed by atoms with Crippen LogP contribution in [0.2, 0.25) is 0 Å². The molecule has 2 aliphatic heterocycles. The smallest absolute Gasteiger partial charge is 0.325 e. The molecule has 144 valence electrons. The standard InChI is InChI=1S/C22H26NO3.ClH/c1-16-9-8-14-23(16,3)15-25-21(24)22(2)17-10-4-6-12-19(17)26-20-13-7-5-11-18(20)22;/h4-7,10-13,16H,8-9,14-15H2,1-3H3;1H/q+1;/p-1. The van der Waals surface area contributed by atoms with E-state index in [1.54, 1.807) is 0 Å². The fraction of sp³-hybridized carbons (Fsp3) is 0.409. The van der Waals surface area contributed by atoms with Gasteiger partial charge in [0.15, 0.2) is 0 Å². The minimum absolute atomic E-state index is 0. The first-order valence-corrected chi connectivity index (χ1v) is 9.33. The zero-order chi connectivity index (χ0) is 18.4. The topological polar surface area (TPSA) is 35.5 Å². The van der Waals surface area contributed by atoms with Crippen molar-refractivity contribution >= 4 is 5.97 Å². The van der Waals surface area contributed by atoms with E-state index in [0.29, 0.717) is 12.8 Å². The maximum absolute atomic E-state index is 13.4. The summed E-state index contributed by atoms with van der Waals surface area (Å²) >= 11 is 0. The van der Waals surface area contributed by atoms with E-state index in [2.05, 4.69) is 14.0 Å². The van der Waals surface area contributed by atoms with E-state index in [1.165, 1.54) is 12.8 Å². The van der Waals surface area contributed by atoms with Crippen LogP contribution in [-0.2, 0) is 14.9 Å². The average Bonchev–Trinajstić information content (AvgIpc) is 2.99. The van der Waals surface area contributed by atoms with Crippen LogP contribution in [0.3, 0.4) is 0 Å². The van der Waals surface area contributed by atoms with E-state index in [4.69, 9.17) is 9.47 Å². The minimum Gasteiger partial charge on any atom is -1.00 e. The van der Waals surface area contributed by atoms with Crippen molar-refractivity contribution in [3.8, 4) is 11.5 Å². The number of halogens is 1. The Kier molecular flexibility index (Phi) is 5.24. The molecule has 0 bridgehead atoms. The Balaban J connectivity index is 0.00000210. The Morgan fingerprint density at radius 3 is 2.22 bits per heavy atom. The van der Waals surface area contributed by atoms with Gasteiger partial charge in [-0.1, -0.05) is 36.4 Å². The maximum Gasteiger partial charge on any atom is 0.325 e. The van der Waals surface area contributed by atoms with Gasteiger partial charge in [-0.3, -0.25) is 9.28 Å². The Bertz CT molecular complexity index is 807. The molecule has 1 fully saturated rings. The van der Waals surface area contributed by atoms with Gasteiger partial charge in [-0.2, -0.15) is 0 Å². The van der Waals surface area contributed by atoms with Gasteiger partial charge in [0.1, 0.15) is 16.9 Å². The molecule has 2 unspecified atom stereocenters. The number of ether oxygens (including phenoxy) is 2. The SMILES string of the molecule is CC1CCC[N+]1(C)COC(=O)C1(C)c2ccccc2Oc2ccccc21.[Cl-]. The molecule has 0 aromatic heterocycles. The molecule has 0 radical (unpaired) electrons. The zero-order valence-corrected chi connectivity index (χ0v) is 16.8. The number of likely N-dealkylation sites (tertiary alicyclic amines) is 1. The highest BCUT2D eigenvalue weighted by Crippen LogP contribution is 2.48. The molecule has 2 atom stereocenters. The van der Waals surface area contributed by atoms with Crippen molar-refractivity contribution in [2.45, 2.75) is 38.1 Å². The maximum atomic E-state index is 13.4. The third kappa shape index (κ3) is 3.11. The van der Waals surface area contributed by atoms with Crippen LogP contribution in [0, 0.1) is 0 Å². The van der Waals surface area contributed by atoms with E-state index in [0.717, 1.165) is 33.7 Å². The van der Waals surface area contributed by atoms with Crippen molar-refractivity contribution in [1.82, 2.24) is 0 Å². The molecule has 2 heterocycles. The highest BCUT2D eigenvalue weighted by Gasteiger charge is 2.47. The van der Waals surface area contributed by atoms with Crippen LogP contribution in [-0.4, -0.2) is 36.8 Å². The number of benzene rings is 2. The fourth-order valence-corrected chi connectivity index (χ4v) is 4.24. The molecule has 0 N–H and O–H groups in total. The van der Waals surface area contributed by atoms with E-state index in [1.807, 2.05) is 55.5 Å². The summed E-state index contributed by atoms with van der Waals surface area (Å²) in [6.45, 7) is 5.66. The second kappa shape index (κ2) is 7.17. The molecular weight excluding hydrogens is 362 g/mol. The lowest BCUT2D eigenvalue weighted by atomic mass is 9.74. The fourth-order valence-electron chi connectivity index (χ4n) is 4.24. The second-order valence-electron chi connectivity index (χ2n) is 7.97. The van der Waals surface area contributed by atoms with Crippen LogP contribution in [0.5, 0.6) is 11.5 Å². The van der Waals surface area contributed by atoms with Gasteiger partial charge in [0.2, 0.25) is 6.73 Å². The van der Waals surface area contributed by atoms with Crippen LogP contribution in [0.15, 0.2) is 48.5 Å². The monoisotopic (exact) mass is 387 g/mol. The number of esters is 1. The van der Waals surface area contributed by atoms with Gasteiger partial charge >= 0.3 is 5.97 Å². The first-order valence-electron chi connectivity index (χ1n) is 9.33. The molecule has 4 nitrogen and oxygen atoms in total. The molecule has 0 amide bonds. The number of para-hydroxylation sites is 2. The Morgan fingerprint density at radius 1 is 1.15 bits per heavy atom. The summed E-state index contributed by atoms with van der Waals surface area (Å²) < 4.78 is 12.8. The number of quaternary nitrogens is 1. The summed E-state index contributed by atoms with van der Waals surface area (Å²) in [6, 6.07) is 16.0. The number of fused-ring (bicyclic) bond motifs is 2. The number of carbonyl (C=O) groups excluding carboxylic acids is 1. The van der Waals surface area contributed by atoms with Gasteiger partial charge in [0.05, 0.1) is 19.6 Å². The van der Waals surface area contributed by atoms with Crippen LogP contribution < -0.4 is 17.1 Å². The van der Waals surface area contributed by atoms with E-state index in [-0.39, 0.29) is 18.4 Å². The van der Waals surface area contributed by atoms with Gasteiger partial charge in [0, 0.05) is 24.0 Å². The highest BCUT2D eigenvalue weighted by molar-refractivity contribution is 5.90. The minimum atomic E-state index is -0.868. The van der Waals surface area contributed by atoms with Crippen molar-refractivity contribution in [2.24, 2.45) is 0 Å². The molecule has 0 aliphatic carbocycles. The average molecular weight is 388 g/mol. The summed E-state index contributed by atoms with van der Waals surface area (Å²) in [7, 11) is 2.18. The lowest BCUT2D eigenvalue weighted by molar-refractivity contribution is -0.935. The van der Waals surface area contributed by atoms with Crippen LogP contribution >= 0.6 is 0 Å². The quantitative estimate of drug-likeness (QED) is 0.587. The Hall–Kier alpha value is -2.04. The molecule has 0 saturated carbocycles. The van der Waals surface area contributed by atoms with E-state index in [9.17, 15) is 4.79 Å². The van der Waals surface area contributed by atoms with E-state index >= 15 is 0 Å². The number of rotatable bonds is 3. The molecule has 2 aromatic rings. The van der Waals surface area contributed by atoms with Crippen molar-refractivity contribution in [3.63, 3.8) is 0 Å². The zero-order valence-electron chi connectivity index (χ0n) is 16.1. The van der Waals surface area contributed by atoms with Crippen LogP contribution in [0.1, 0.15) is 37.8 Å². The predicted molar refractivity (Wildman–Crippen MR) is 100 cm³/mol. The summed E-state index contributed by atoms with van der Waals surface area (Å²) in [6.07, 6.45) is 2.37. The predicted octanol–water partition coefficient (Wildman–Crippen LogP) is 1.23. The highest BCUT2D eigenvalue weighted by atomic mass is 35.5. The molecule has 5 heteroatoms. The van der Waals surface area contributed by atoms with Crippen molar-refractivity contribution in [2.75, 3.05) is 20.3 Å². The molecule has 2 aromatic carbocycles. The molecule has 2 aliphatic rings. The molecule has 0 spiro atoms. The first-order chi connectivity index (χ1) is 12.4. The summed E-state index contributed by atoms with van der Waals surface area (Å²) in [4.78, 5) is 13.4. The summed E-state index contributed by atoms with van der Waals surface area (Å²) in [5, 5.41) is 0.